The lowest BCUT2D eigenvalue weighted by molar-refractivity contribution is -0.126. The molecule has 1 aliphatic heterocycles. The predicted molar refractivity (Wildman–Crippen MR) is 74.9 cm³/mol. The largest absolute Gasteiger partial charge is 0.354 e. The van der Waals surface area contributed by atoms with Gasteiger partial charge in [0, 0.05) is 24.7 Å². The van der Waals surface area contributed by atoms with E-state index in [0.717, 1.165) is 11.3 Å². The SMILES string of the molecule is Cc1cccc(N2C[C@@H](C(=O)NC(C)C)CC2=O)c1. The van der Waals surface area contributed by atoms with E-state index in [1.54, 1.807) is 4.90 Å². The van der Waals surface area contributed by atoms with Crippen molar-refractivity contribution in [3.63, 3.8) is 0 Å². The second-order valence-electron chi connectivity index (χ2n) is 5.41. The summed E-state index contributed by atoms with van der Waals surface area (Å²) in [6.07, 6.45) is 0.298. The Labute approximate surface area is 113 Å². The Bertz CT molecular complexity index is 497. The van der Waals surface area contributed by atoms with Gasteiger partial charge in [0.05, 0.1) is 5.92 Å². The zero-order chi connectivity index (χ0) is 14.0. The van der Waals surface area contributed by atoms with Crippen LogP contribution in [-0.2, 0) is 9.59 Å². The lowest BCUT2D eigenvalue weighted by Gasteiger charge is -2.17. The maximum absolute atomic E-state index is 12.0. The second kappa shape index (κ2) is 5.43. The van der Waals surface area contributed by atoms with Crippen molar-refractivity contribution < 1.29 is 9.59 Å². The molecule has 0 aliphatic carbocycles. The van der Waals surface area contributed by atoms with Gasteiger partial charge < -0.3 is 10.2 Å². The number of carbonyl (C=O) groups is 2. The number of benzene rings is 1. The van der Waals surface area contributed by atoms with Crippen molar-refractivity contribution in [2.45, 2.75) is 33.2 Å². The van der Waals surface area contributed by atoms with Gasteiger partial charge in [-0.1, -0.05) is 12.1 Å². The molecular weight excluding hydrogens is 240 g/mol. The van der Waals surface area contributed by atoms with Crippen LogP contribution in [0.25, 0.3) is 0 Å². The molecule has 2 amide bonds. The van der Waals surface area contributed by atoms with Gasteiger partial charge in [0.15, 0.2) is 0 Å². The van der Waals surface area contributed by atoms with E-state index < -0.39 is 0 Å². The summed E-state index contributed by atoms with van der Waals surface area (Å²) in [6, 6.07) is 7.91. The quantitative estimate of drug-likeness (QED) is 0.902. The van der Waals surface area contributed by atoms with E-state index in [-0.39, 0.29) is 23.8 Å². The van der Waals surface area contributed by atoms with E-state index in [1.807, 2.05) is 45.0 Å². The van der Waals surface area contributed by atoms with Crippen LogP contribution in [0.3, 0.4) is 0 Å². The highest BCUT2D eigenvalue weighted by Gasteiger charge is 2.35. The molecule has 1 aromatic rings. The van der Waals surface area contributed by atoms with E-state index >= 15 is 0 Å². The number of hydrogen-bond acceptors (Lipinski definition) is 2. The Kier molecular flexibility index (Phi) is 3.88. The van der Waals surface area contributed by atoms with E-state index in [9.17, 15) is 9.59 Å². The van der Waals surface area contributed by atoms with Crippen LogP contribution in [0.5, 0.6) is 0 Å². The van der Waals surface area contributed by atoms with Crippen molar-refractivity contribution in [2.24, 2.45) is 5.92 Å². The van der Waals surface area contributed by atoms with Crippen LogP contribution in [0.4, 0.5) is 5.69 Å². The summed E-state index contributed by atoms with van der Waals surface area (Å²) in [6.45, 7) is 6.31. The van der Waals surface area contributed by atoms with Gasteiger partial charge in [-0.05, 0) is 38.5 Å². The van der Waals surface area contributed by atoms with E-state index in [0.29, 0.717) is 13.0 Å². The monoisotopic (exact) mass is 260 g/mol. The van der Waals surface area contributed by atoms with Gasteiger partial charge in [-0.25, -0.2) is 0 Å². The highest BCUT2D eigenvalue weighted by atomic mass is 16.2. The normalized spacial score (nSPS) is 19.1. The fourth-order valence-electron chi connectivity index (χ4n) is 2.33. The minimum atomic E-state index is -0.240. The first-order chi connectivity index (χ1) is 8.97. The van der Waals surface area contributed by atoms with Crippen LogP contribution in [-0.4, -0.2) is 24.4 Å². The van der Waals surface area contributed by atoms with Gasteiger partial charge in [0.25, 0.3) is 0 Å². The molecule has 102 valence electrons. The average molecular weight is 260 g/mol. The van der Waals surface area contributed by atoms with Crippen LogP contribution < -0.4 is 10.2 Å². The Morgan fingerprint density at radius 1 is 1.42 bits per heavy atom. The number of nitrogens with one attached hydrogen (secondary N) is 1. The molecule has 0 aromatic heterocycles. The molecule has 1 aliphatic rings. The molecular formula is C15H20N2O2. The maximum Gasteiger partial charge on any atom is 0.227 e. The molecule has 4 heteroatoms. The highest BCUT2D eigenvalue weighted by molar-refractivity contribution is 6.00. The van der Waals surface area contributed by atoms with Gasteiger partial charge in [0.1, 0.15) is 0 Å². The molecule has 1 saturated heterocycles. The Balaban J connectivity index is 2.10. The molecule has 1 N–H and O–H groups in total. The van der Waals surface area contributed by atoms with Crippen LogP contribution in [0, 0.1) is 12.8 Å². The Morgan fingerprint density at radius 2 is 2.16 bits per heavy atom. The summed E-state index contributed by atoms with van der Waals surface area (Å²) in [5.41, 5.74) is 1.99. The standard InChI is InChI=1S/C15H20N2O2/c1-10(2)16-15(19)12-8-14(18)17(9-12)13-6-4-5-11(3)7-13/h4-7,10,12H,8-9H2,1-3H3,(H,16,19)/t12-/m0/s1. The van der Waals surface area contributed by atoms with Crippen molar-refractivity contribution in [1.82, 2.24) is 5.32 Å². The number of carbonyl (C=O) groups excluding carboxylic acids is 2. The molecule has 4 nitrogen and oxygen atoms in total. The molecule has 0 spiro atoms. The molecule has 1 aromatic carbocycles. The van der Waals surface area contributed by atoms with Gasteiger partial charge >= 0.3 is 0 Å². The molecule has 19 heavy (non-hydrogen) atoms. The zero-order valence-electron chi connectivity index (χ0n) is 11.6. The van der Waals surface area contributed by atoms with E-state index in [1.165, 1.54) is 0 Å². The van der Waals surface area contributed by atoms with Crippen LogP contribution >= 0.6 is 0 Å². The van der Waals surface area contributed by atoms with Crippen LogP contribution in [0.2, 0.25) is 0 Å². The Hall–Kier alpha value is -1.84. The summed E-state index contributed by atoms with van der Waals surface area (Å²) in [7, 11) is 0. The average Bonchev–Trinajstić information content (AvgIpc) is 2.70. The first kappa shape index (κ1) is 13.6. The minimum absolute atomic E-state index is 0.0227. The molecule has 0 unspecified atom stereocenters. The fraction of sp³-hybridized carbons (Fsp3) is 0.467. The van der Waals surface area contributed by atoms with Gasteiger partial charge in [-0.3, -0.25) is 9.59 Å². The second-order valence-corrected chi connectivity index (χ2v) is 5.41. The lowest BCUT2D eigenvalue weighted by atomic mass is 10.1. The van der Waals surface area contributed by atoms with Gasteiger partial charge in [0.2, 0.25) is 11.8 Å². The van der Waals surface area contributed by atoms with Crippen molar-refractivity contribution >= 4 is 17.5 Å². The van der Waals surface area contributed by atoms with Crippen molar-refractivity contribution in [3.05, 3.63) is 29.8 Å². The first-order valence-electron chi connectivity index (χ1n) is 6.65. The number of hydrogen-bond donors (Lipinski definition) is 1. The first-order valence-corrected chi connectivity index (χ1v) is 6.65. The fourth-order valence-corrected chi connectivity index (χ4v) is 2.33. The summed E-state index contributed by atoms with van der Waals surface area (Å²) >= 11 is 0. The third-order valence-corrected chi connectivity index (χ3v) is 3.24. The van der Waals surface area contributed by atoms with Crippen LogP contribution in [0.1, 0.15) is 25.8 Å². The number of rotatable bonds is 3. The summed E-state index contributed by atoms with van der Waals surface area (Å²) < 4.78 is 0. The topological polar surface area (TPSA) is 49.4 Å². The minimum Gasteiger partial charge on any atom is -0.354 e. The molecule has 0 saturated carbocycles. The smallest absolute Gasteiger partial charge is 0.227 e. The van der Waals surface area contributed by atoms with Crippen molar-refractivity contribution in [2.75, 3.05) is 11.4 Å². The number of nitrogens with zero attached hydrogens (tertiary/aromatic N) is 1. The number of amides is 2. The molecule has 2 rings (SSSR count). The van der Waals surface area contributed by atoms with Crippen molar-refractivity contribution in [3.8, 4) is 0 Å². The molecule has 1 atom stereocenters. The number of anilines is 1. The van der Waals surface area contributed by atoms with E-state index in [2.05, 4.69) is 5.32 Å². The summed E-state index contributed by atoms with van der Waals surface area (Å²) in [4.78, 5) is 25.7. The maximum atomic E-state index is 12.0. The molecule has 1 heterocycles. The lowest BCUT2D eigenvalue weighted by Crippen LogP contribution is -2.36. The summed E-state index contributed by atoms with van der Waals surface area (Å²) in [5, 5.41) is 2.87. The Morgan fingerprint density at radius 3 is 2.79 bits per heavy atom. The van der Waals surface area contributed by atoms with Crippen LogP contribution in [0.15, 0.2) is 24.3 Å². The molecule has 0 radical (unpaired) electrons. The third-order valence-electron chi connectivity index (χ3n) is 3.24. The van der Waals surface area contributed by atoms with Crippen molar-refractivity contribution in [1.29, 1.82) is 0 Å². The zero-order valence-corrected chi connectivity index (χ0v) is 11.6. The van der Waals surface area contributed by atoms with Gasteiger partial charge in [-0.2, -0.15) is 0 Å². The third kappa shape index (κ3) is 3.13. The predicted octanol–water partition coefficient (Wildman–Crippen LogP) is 1.87. The number of aryl methyl sites for hydroxylation is 1. The molecule has 0 bridgehead atoms. The van der Waals surface area contributed by atoms with Gasteiger partial charge in [-0.15, -0.1) is 0 Å². The summed E-state index contributed by atoms with van der Waals surface area (Å²) in [5.74, 6) is -0.247. The molecule has 1 fully saturated rings. The van der Waals surface area contributed by atoms with E-state index in [4.69, 9.17) is 0 Å². The highest BCUT2D eigenvalue weighted by Crippen LogP contribution is 2.25.